The van der Waals surface area contributed by atoms with Crippen molar-refractivity contribution >= 4 is 0 Å². The first-order chi connectivity index (χ1) is 8.89. The van der Waals surface area contributed by atoms with Crippen LogP contribution in [-0.2, 0) is 5.41 Å². The quantitative estimate of drug-likeness (QED) is 0.636. The Labute approximate surface area is 117 Å². The highest BCUT2D eigenvalue weighted by molar-refractivity contribution is 5.69. The minimum atomic E-state index is 0.163. The van der Waals surface area contributed by atoms with Gasteiger partial charge >= 0.3 is 0 Å². The summed E-state index contributed by atoms with van der Waals surface area (Å²) in [5, 5.41) is 0. The summed E-state index contributed by atoms with van der Waals surface area (Å²) in [6, 6.07) is 17.6. The van der Waals surface area contributed by atoms with Crippen molar-refractivity contribution in [3.05, 3.63) is 59.7 Å². The molecule has 0 N–H and O–H groups in total. The molecule has 19 heavy (non-hydrogen) atoms. The monoisotopic (exact) mass is 252 g/mol. The van der Waals surface area contributed by atoms with Crippen LogP contribution in [0.4, 0.5) is 0 Å². The van der Waals surface area contributed by atoms with Gasteiger partial charge in [-0.25, -0.2) is 0 Å². The van der Waals surface area contributed by atoms with Crippen molar-refractivity contribution in [1.82, 2.24) is 0 Å². The number of hydrogen-bond acceptors (Lipinski definition) is 0. The van der Waals surface area contributed by atoms with Gasteiger partial charge in [-0.1, -0.05) is 83.1 Å². The molecule has 0 spiro atoms. The molecule has 0 saturated carbocycles. The highest BCUT2D eigenvalue weighted by Crippen LogP contribution is 2.35. The summed E-state index contributed by atoms with van der Waals surface area (Å²) < 4.78 is 0. The topological polar surface area (TPSA) is 0 Å². The lowest BCUT2D eigenvalue weighted by molar-refractivity contribution is 0.590. The first-order valence-corrected chi connectivity index (χ1v) is 7.09. The van der Waals surface area contributed by atoms with Gasteiger partial charge in [-0.3, -0.25) is 0 Å². The maximum absolute atomic E-state index is 2.38. The molecular formula is C19H24. The SMILES string of the molecule is CC(C)c1ccc(-c2ccccc2)c(C(C)(C)C)c1. The molecule has 2 aromatic rings. The third kappa shape index (κ3) is 3.07. The van der Waals surface area contributed by atoms with E-state index in [1.54, 1.807) is 0 Å². The van der Waals surface area contributed by atoms with Gasteiger partial charge in [0, 0.05) is 0 Å². The van der Waals surface area contributed by atoms with Crippen LogP contribution in [0.5, 0.6) is 0 Å². The molecule has 0 atom stereocenters. The van der Waals surface area contributed by atoms with Crippen LogP contribution < -0.4 is 0 Å². The first-order valence-electron chi connectivity index (χ1n) is 7.09. The Kier molecular flexibility index (Phi) is 3.80. The maximum Gasteiger partial charge on any atom is -0.0126 e. The maximum atomic E-state index is 2.38. The normalized spacial score (nSPS) is 11.9. The Bertz CT molecular complexity index is 542. The highest BCUT2D eigenvalue weighted by atomic mass is 14.2. The molecule has 0 fully saturated rings. The van der Waals surface area contributed by atoms with E-state index >= 15 is 0 Å². The van der Waals surface area contributed by atoms with Crippen LogP contribution in [0, 0.1) is 0 Å². The van der Waals surface area contributed by atoms with Crippen molar-refractivity contribution < 1.29 is 0 Å². The molecule has 0 nitrogen and oxygen atoms in total. The fourth-order valence-electron chi connectivity index (χ4n) is 2.41. The van der Waals surface area contributed by atoms with Crippen LogP contribution in [0.25, 0.3) is 11.1 Å². The molecule has 100 valence electrons. The average molecular weight is 252 g/mol. The zero-order valence-electron chi connectivity index (χ0n) is 12.7. The lowest BCUT2D eigenvalue weighted by Gasteiger charge is -2.25. The molecule has 0 aliphatic rings. The second-order valence-corrected chi connectivity index (χ2v) is 6.58. The Morgan fingerprint density at radius 3 is 2.00 bits per heavy atom. The minimum absolute atomic E-state index is 0.163. The Morgan fingerprint density at radius 1 is 0.842 bits per heavy atom. The summed E-state index contributed by atoms with van der Waals surface area (Å²) in [6.07, 6.45) is 0. The molecule has 0 amide bonds. The van der Waals surface area contributed by atoms with E-state index in [0.29, 0.717) is 5.92 Å². The van der Waals surface area contributed by atoms with Crippen LogP contribution in [0.15, 0.2) is 48.5 Å². The van der Waals surface area contributed by atoms with E-state index in [1.807, 2.05) is 0 Å². The van der Waals surface area contributed by atoms with Crippen LogP contribution in [-0.4, -0.2) is 0 Å². The van der Waals surface area contributed by atoms with Gasteiger partial charge in [0.1, 0.15) is 0 Å². The predicted molar refractivity (Wildman–Crippen MR) is 84.7 cm³/mol. The van der Waals surface area contributed by atoms with Gasteiger partial charge in [-0.2, -0.15) is 0 Å². The van der Waals surface area contributed by atoms with Crippen LogP contribution in [0.1, 0.15) is 51.7 Å². The van der Waals surface area contributed by atoms with Crippen molar-refractivity contribution in [1.29, 1.82) is 0 Å². The Hall–Kier alpha value is -1.56. The van der Waals surface area contributed by atoms with E-state index in [2.05, 4.69) is 83.1 Å². The fourth-order valence-corrected chi connectivity index (χ4v) is 2.41. The van der Waals surface area contributed by atoms with E-state index in [0.717, 1.165) is 0 Å². The van der Waals surface area contributed by atoms with Gasteiger partial charge in [0.15, 0.2) is 0 Å². The number of hydrogen-bond donors (Lipinski definition) is 0. The molecule has 2 aromatic carbocycles. The lowest BCUT2D eigenvalue weighted by Crippen LogP contribution is -2.13. The van der Waals surface area contributed by atoms with Crippen LogP contribution in [0.3, 0.4) is 0 Å². The van der Waals surface area contributed by atoms with Gasteiger partial charge in [-0.15, -0.1) is 0 Å². The van der Waals surface area contributed by atoms with Crippen molar-refractivity contribution in [2.75, 3.05) is 0 Å². The van der Waals surface area contributed by atoms with E-state index in [1.165, 1.54) is 22.3 Å². The van der Waals surface area contributed by atoms with Crippen molar-refractivity contribution in [3.8, 4) is 11.1 Å². The predicted octanol–water partition coefficient (Wildman–Crippen LogP) is 5.77. The fraction of sp³-hybridized carbons (Fsp3) is 0.368. The summed E-state index contributed by atoms with van der Waals surface area (Å²) in [6.45, 7) is 11.4. The third-order valence-electron chi connectivity index (χ3n) is 3.60. The van der Waals surface area contributed by atoms with Gasteiger partial charge in [0.05, 0.1) is 0 Å². The zero-order chi connectivity index (χ0) is 14.0. The largest absolute Gasteiger partial charge is 0.0622 e. The van der Waals surface area contributed by atoms with Gasteiger partial charge in [0.25, 0.3) is 0 Å². The Balaban J connectivity index is 2.62. The van der Waals surface area contributed by atoms with Crippen molar-refractivity contribution in [2.45, 2.75) is 46.0 Å². The van der Waals surface area contributed by atoms with Crippen LogP contribution in [0.2, 0.25) is 0 Å². The molecule has 0 bridgehead atoms. The van der Waals surface area contributed by atoms with E-state index in [4.69, 9.17) is 0 Å². The molecule has 0 saturated heterocycles. The van der Waals surface area contributed by atoms with Gasteiger partial charge in [0.2, 0.25) is 0 Å². The molecule has 0 aliphatic carbocycles. The first kappa shape index (κ1) is 13.9. The summed E-state index contributed by atoms with van der Waals surface area (Å²) in [4.78, 5) is 0. The van der Waals surface area contributed by atoms with Gasteiger partial charge < -0.3 is 0 Å². The summed E-state index contributed by atoms with van der Waals surface area (Å²) in [5.74, 6) is 0.575. The van der Waals surface area contributed by atoms with Crippen molar-refractivity contribution in [2.24, 2.45) is 0 Å². The summed E-state index contributed by atoms with van der Waals surface area (Å²) in [7, 11) is 0. The molecule has 0 heterocycles. The van der Waals surface area contributed by atoms with Crippen LogP contribution >= 0.6 is 0 Å². The standard InChI is InChI=1S/C19H24/c1-14(2)16-11-12-17(15-9-7-6-8-10-15)18(13-16)19(3,4)5/h6-14H,1-5H3. The smallest absolute Gasteiger partial charge is 0.0126 e. The number of benzene rings is 2. The average Bonchev–Trinajstić information content (AvgIpc) is 2.38. The van der Waals surface area contributed by atoms with Crippen molar-refractivity contribution in [3.63, 3.8) is 0 Å². The molecule has 0 aromatic heterocycles. The van der Waals surface area contributed by atoms with Gasteiger partial charge in [-0.05, 0) is 33.6 Å². The molecule has 0 unspecified atom stereocenters. The third-order valence-corrected chi connectivity index (χ3v) is 3.60. The molecule has 0 aliphatic heterocycles. The zero-order valence-corrected chi connectivity index (χ0v) is 12.7. The molecule has 2 rings (SSSR count). The second-order valence-electron chi connectivity index (χ2n) is 6.58. The number of rotatable bonds is 2. The lowest BCUT2D eigenvalue weighted by atomic mass is 9.80. The second kappa shape index (κ2) is 5.21. The van der Waals surface area contributed by atoms with E-state index < -0.39 is 0 Å². The summed E-state index contributed by atoms with van der Waals surface area (Å²) >= 11 is 0. The Morgan fingerprint density at radius 2 is 1.47 bits per heavy atom. The highest BCUT2D eigenvalue weighted by Gasteiger charge is 2.19. The van der Waals surface area contributed by atoms with E-state index in [9.17, 15) is 0 Å². The van der Waals surface area contributed by atoms with E-state index in [-0.39, 0.29) is 5.41 Å². The minimum Gasteiger partial charge on any atom is -0.0622 e. The molecule has 0 radical (unpaired) electrons. The molecule has 0 heteroatoms. The summed E-state index contributed by atoms with van der Waals surface area (Å²) in [5.41, 5.74) is 5.69. The molecular weight excluding hydrogens is 228 g/mol.